The Morgan fingerprint density at radius 1 is 1.33 bits per heavy atom. The van der Waals surface area contributed by atoms with Crippen molar-refractivity contribution in [2.24, 2.45) is 5.84 Å². The van der Waals surface area contributed by atoms with Gasteiger partial charge in [-0.2, -0.15) is 0 Å². The van der Waals surface area contributed by atoms with Gasteiger partial charge in [0.15, 0.2) is 0 Å². The van der Waals surface area contributed by atoms with Crippen LogP contribution in [0.4, 0.5) is 0 Å². The molecule has 2 heterocycles. The number of hydrogen-bond donors (Lipinski definition) is 2. The fourth-order valence-corrected chi connectivity index (χ4v) is 3.22. The largest absolute Gasteiger partial charge is 0.271 e. The number of nitrogens with one attached hydrogen (secondary N) is 1. The third-order valence-corrected chi connectivity index (χ3v) is 4.30. The second-order valence-electron chi connectivity index (χ2n) is 4.89. The molecule has 3 aromatic rings. The molecular formula is C15H17N5S. The van der Waals surface area contributed by atoms with Crippen LogP contribution >= 0.6 is 11.5 Å². The lowest BCUT2D eigenvalue weighted by Crippen LogP contribution is -2.29. The highest BCUT2D eigenvalue weighted by Gasteiger charge is 2.20. The Balaban J connectivity index is 2.03. The van der Waals surface area contributed by atoms with Gasteiger partial charge in [-0.1, -0.05) is 36.0 Å². The van der Waals surface area contributed by atoms with Crippen molar-refractivity contribution in [1.82, 2.24) is 20.0 Å². The maximum Gasteiger partial charge on any atom is 0.0838 e. The molecule has 3 rings (SSSR count). The van der Waals surface area contributed by atoms with E-state index in [0.29, 0.717) is 0 Å². The number of pyridine rings is 1. The summed E-state index contributed by atoms with van der Waals surface area (Å²) in [5, 5.41) is 5.34. The average molecular weight is 299 g/mol. The van der Waals surface area contributed by atoms with E-state index in [4.69, 9.17) is 5.84 Å². The van der Waals surface area contributed by atoms with Gasteiger partial charge in [-0.3, -0.25) is 10.8 Å². The Hall–Kier alpha value is -1.89. The lowest BCUT2D eigenvalue weighted by atomic mass is 10.0. The molecule has 0 aliphatic heterocycles. The number of nitrogens with zero attached hydrogens (tertiary/aromatic N) is 3. The summed E-state index contributed by atoms with van der Waals surface area (Å²) in [6.07, 6.45) is 3.75. The SMILES string of the molecule is CCCc1nnsc1C(NN)c1ccc2cccnc2c1. The van der Waals surface area contributed by atoms with Crippen LogP contribution in [0.25, 0.3) is 10.9 Å². The Kier molecular flexibility index (Phi) is 4.19. The zero-order valence-electron chi connectivity index (χ0n) is 11.8. The van der Waals surface area contributed by atoms with Gasteiger partial charge in [0.25, 0.3) is 0 Å². The number of hydrazine groups is 1. The number of benzene rings is 1. The molecule has 21 heavy (non-hydrogen) atoms. The lowest BCUT2D eigenvalue weighted by molar-refractivity contribution is 0.637. The van der Waals surface area contributed by atoms with Gasteiger partial charge in [0.05, 0.1) is 22.1 Å². The van der Waals surface area contributed by atoms with E-state index in [9.17, 15) is 0 Å². The maximum atomic E-state index is 5.79. The summed E-state index contributed by atoms with van der Waals surface area (Å²) >= 11 is 1.40. The summed E-state index contributed by atoms with van der Waals surface area (Å²) in [7, 11) is 0. The summed E-state index contributed by atoms with van der Waals surface area (Å²) < 4.78 is 4.08. The molecule has 0 saturated heterocycles. The molecule has 0 spiro atoms. The molecule has 1 aromatic carbocycles. The predicted octanol–water partition coefficient (Wildman–Crippen LogP) is 2.59. The normalized spacial score (nSPS) is 12.7. The van der Waals surface area contributed by atoms with E-state index in [1.165, 1.54) is 11.5 Å². The standard InChI is InChI=1S/C15H17N5S/c1-2-4-12-15(21-20-19-12)14(18-16)11-7-6-10-5-3-8-17-13(10)9-11/h3,5-9,14,18H,2,4,16H2,1H3. The first-order valence-corrected chi connectivity index (χ1v) is 7.72. The average Bonchev–Trinajstić information content (AvgIpc) is 2.97. The summed E-state index contributed by atoms with van der Waals surface area (Å²) in [6.45, 7) is 2.13. The van der Waals surface area contributed by atoms with Crippen LogP contribution in [0.3, 0.4) is 0 Å². The second kappa shape index (κ2) is 6.26. The molecule has 0 bridgehead atoms. The highest BCUT2D eigenvalue weighted by atomic mass is 32.1. The quantitative estimate of drug-likeness (QED) is 0.559. The molecule has 6 heteroatoms. The van der Waals surface area contributed by atoms with Crippen molar-refractivity contribution in [3.63, 3.8) is 0 Å². The van der Waals surface area contributed by atoms with Crippen LogP contribution in [0, 0.1) is 0 Å². The first kappa shape index (κ1) is 14.1. The van der Waals surface area contributed by atoms with E-state index in [-0.39, 0.29) is 6.04 Å². The van der Waals surface area contributed by atoms with Crippen LogP contribution in [-0.2, 0) is 6.42 Å². The third kappa shape index (κ3) is 2.78. The van der Waals surface area contributed by atoms with Gasteiger partial charge < -0.3 is 0 Å². The minimum absolute atomic E-state index is 0.0991. The molecule has 1 atom stereocenters. The van der Waals surface area contributed by atoms with Gasteiger partial charge in [-0.25, -0.2) is 5.43 Å². The number of rotatable bonds is 5. The zero-order valence-corrected chi connectivity index (χ0v) is 12.6. The topological polar surface area (TPSA) is 76.7 Å². The van der Waals surface area contributed by atoms with Gasteiger partial charge in [0.2, 0.25) is 0 Å². The molecule has 0 amide bonds. The van der Waals surface area contributed by atoms with Gasteiger partial charge in [0, 0.05) is 11.6 Å². The molecular weight excluding hydrogens is 282 g/mol. The van der Waals surface area contributed by atoms with Crippen molar-refractivity contribution < 1.29 is 0 Å². The van der Waals surface area contributed by atoms with Crippen molar-refractivity contribution in [3.8, 4) is 0 Å². The summed E-state index contributed by atoms with van der Waals surface area (Å²) in [6, 6.07) is 10.1. The van der Waals surface area contributed by atoms with E-state index in [1.54, 1.807) is 6.20 Å². The third-order valence-electron chi connectivity index (χ3n) is 3.46. The summed E-state index contributed by atoms with van der Waals surface area (Å²) in [4.78, 5) is 5.48. The minimum Gasteiger partial charge on any atom is -0.271 e. The van der Waals surface area contributed by atoms with Gasteiger partial charge in [0.1, 0.15) is 0 Å². The summed E-state index contributed by atoms with van der Waals surface area (Å²) in [5.74, 6) is 5.79. The predicted molar refractivity (Wildman–Crippen MR) is 84.8 cm³/mol. The molecule has 0 fully saturated rings. The van der Waals surface area contributed by atoms with Crippen LogP contribution < -0.4 is 11.3 Å². The molecule has 0 radical (unpaired) electrons. The Morgan fingerprint density at radius 2 is 2.24 bits per heavy atom. The van der Waals surface area contributed by atoms with E-state index in [1.807, 2.05) is 12.1 Å². The first-order chi connectivity index (χ1) is 10.3. The van der Waals surface area contributed by atoms with Crippen molar-refractivity contribution in [2.45, 2.75) is 25.8 Å². The van der Waals surface area contributed by atoms with Crippen molar-refractivity contribution in [1.29, 1.82) is 0 Å². The number of aromatic nitrogens is 3. The molecule has 0 aliphatic carbocycles. The zero-order chi connectivity index (χ0) is 14.7. The van der Waals surface area contributed by atoms with Crippen molar-refractivity contribution >= 4 is 22.4 Å². The fraction of sp³-hybridized carbons (Fsp3) is 0.267. The Labute approximate surface area is 127 Å². The molecule has 2 aromatic heterocycles. The van der Waals surface area contributed by atoms with Crippen LogP contribution in [-0.4, -0.2) is 14.6 Å². The molecule has 1 unspecified atom stereocenters. The molecule has 0 aliphatic rings. The molecule has 3 N–H and O–H groups in total. The van der Waals surface area contributed by atoms with Gasteiger partial charge in [-0.15, -0.1) is 5.10 Å². The monoisotopic (exact) mass is 299 g/mol. The fourth-order valence-electron chi connectivity index (χ4n) is 2.43. The first-order valence-electron chi connectivity index (χ1n) is 6.95. The minimum atomic E-state index is -0.0991. The van der Waals surface area contributed by atoms with E-state index in [2.05, 4.69) is 45.1 Å². The van der Waals surface area contributed by atoms with Gasteiger partial charge >= 0.3 is 0 Å². The van der Waals surface area contributed by atoms with Crippen LogP contribution in [0.5, 0.6) is 0 Å². The number of fused-ring (bicyclic) bond motifs is 1. The number of hydrogen-bond acceptors (Lipinski definition) is 6. The lowest BCUT2D eigenvalue weighted by Gasteiger charge is -2.16. The second-order valence-corrected chi connectivity index (χ2v) is 5.67. The van der Waals surface area contributed by atoms with E-state index >= 15 is 0 Å². The van der Waals surface area contributed by atoms with Crippen molar-refractivity contribution in [3.05, 3.63) is 52.7 Å². The number of nitrogens with two attached hydrogens (primary N) is 1. The van der Waals surface area contributed by atoms with E-state index < -0.39 is 0 Å². The Bertz CT molecular complexity index is 740. The van der Waals surface area contributed by atoms with Crippen LogP contribution in [0.2, 0.25) is 0 Å². The van der Waals surface area contributed by atoms with Crippen LogP contribution in [0.1, 0.15) is 35.5 Å². The van der Waals surface area contributed by atoms with E-state index in [0.717, 1.165) is 39.9 Å². The number of aryl methyl sites for hydroxylation is 1. The highest BCUT2D eigenvalue weighted by molar-refractivity contribution is 7.05. The van der Waals surface area contributed by atoms with Crippen LogP contribution in [0.15, 0.2) is 36.5 Å². The van der Waals surface area contributed by atoms with Crippen molar-refractivity contribution in [2.75, 3.05) is 0 Å². The Morgan fingerprint density at radius 3 is 3.05 bits per heavy atom. The molecule has 0 saturated carbocycles. The highest BCUT2D eigenvalue weighted by Crippen LogP contribution is 2.28. The smallest absolute Gasteiger partial charge is 0.0838 e. The maximum absolute atomic E-state index is 5.79. The van der Waals surface area contributed by atoms with Gasteiger partial charge in [-0.05, 0) is 35.6 Å². The molecule has 5 nitrogen and oxygen atoms in total. The summed E-state index contributed by atoms with van der Waals surface area (Å²) in [5.41, 5.74) is 5.95. The molecule has 108 valence electrons.